The fraction of sp³-hybridized carbons (Fsp3) is 0.0545. The largest absolute Gasteiger partial charge is 0.456 e. The van der Waals surface area contributed by atoms with Gasteiger partial charge in [0.05, 0.1) is 5.69 Å². The van der Waals surface area contributed by atoms with Gasteiger partial charge >= 0.3 is 0 Å². The maximum Gasteiger partial charge on any atom is 0.136 e. The Kier molecular flexibility index (Phi) is 7.55. The van der Waals surface area contributed by atoms with E-state index in [1.54, 1.807) is 0 Å². The fourth-order valence-electron chi connectivity index (χ4n) is 9.28. The molecule has 0 fully saturated rings. The number of fused-ring (bicyclic) bond motifs is 7. The molecule has 0 radical (unpaired) electrons. The monoisotopic (exact) mass is 729 g/mol. The average Bonchev–Trinajstić information content (AvgIpc) is 3.76. The molecule has 9 aromatic carbocycles. The molecule has 2 nitrogen and oxygen atoms in total. The Bertz CT molecular complexity index is 3140. The summed E-state index contributed by atoms with van der Waals surface area (Å²) in [7, 11) is 0. The van der Waals surface area contributed by atoms with Crippen LogP contribution in [0.3, 0.4) is 0 Å². The first kappa shape index (κ1) is 33.2. The Morgan fingerprint density at radius 1 is 0.386 bits per heavy atom. The molecule has 1 aliphatic rings. The molecule has 11 rings (SSSR count). The van der Waals surface area contributed by atoms with Crippen LogP contribution < -0.4 is 4.90 Å². The van der Waals surface area contributed by atoms with E-state index < -0.39 is 0 Å². The zero-order valence-electron chi connectivity index (χ0n) is 31.9. The van der Waals surface area contributed by atoms with Crippen molar-refractivity contribution in [1.82, 2.24) is 0 Å². The van der Waals surface area contributed by atoms with Crippen molar-refractivity contribution in [1.29, 1.82) is 0 Å². The van der Waals surface area contributed by atoms with Crippen molar-refractivity contribution >= 4 is 49.8 Å². The zero-order chi connectivity index (χ0) is 38.1. The molecule has 0 unspecified atom stereocenters. The Labute approximate surface area is 332 Å². The Morgan fingerprint density at radius 3 is 1.74 bits per heavy atom. The van der Waals surface area contributed by atoms with Crippen LogP contribution in [-0.4, -0.2) is 0 Å². The number of rotatable bonds is 6. The maximum atomic E-state index is 6.26. The highest BCUT2D eigenvalue weighted by atomic mass is 16.3. The number of hydrogen-bond donors (Lipinski definition) is 0. The third kappa shape index (κ3) is 5.33. The number of anilines is 3. The quantitative estimate of drug-likeness (QED) is 0.169. The van der Waals surface area contributed by atoms with E-state index in [0.29, 0.717) is 0 Å². The highest BCUT2D eigenvalue weighted by molar-refractivity contribution is 6.12. The molecule has 1 heterocycles. The molecule has 0 aliphatic heterocycles. The van der Waals surface area contributed by atoms with Crippen LogP contribution in [0.1, 0.15) is 25.0 Å². The van der Waals surface area contributed by atoms with Crippen LogP contribution in [0.25, 0.3) is 77.2 Å². The van der Waals surface area contributed by atoms with Crippen molar-refractivity contribution in [2.45, 2.75) is 19.3 Å². The van der Waals surface area contributed by atoms with Crippen molar-refractivity contribution in [3.8, 4) is 44.5 Å². The molecule has 1 aromatic heterocycles. The van der Waals surface area contributed by atoms with E-state index in [1.165, 1.54) is 55.3 Å². The van der Waals surface area contributed by atoms with E-state index in [9.17, 15) is 0 Å². The summed E-state index contributed by atoms with van der Waals surface area (Å²) in [5.41, 5.74) is 17.6. The first-order valence-electron chi connectivity index (χ1n) is 19.8. The third-order valence-electron chi connectivity index (χ3n) is 12.1. The summed E-state index contributed by atoms with van der Waals surface area (Å²) in [6.07, 6.45) is 0. The molecule has 57 heavy (non-hydrogen) atoms. The number of nitrogens with zero attached hydrogens (tertiary/aromatic N) is 1. The molecule has 0 N–H and O–H groups in total. The Morgan fingerprint density at radius 2 is 0.930 bits per heavy atom. The molecule has 270 valence electrons. The molecule has 0 amide bonds. The van der Waals surface area contributed by atoms with Gasteiger partial charge in [-0.05, 0) is 109 Å². The van der Waals surface area contributed by atoms with Gasteiger partial charge in [0.25, 0.3) is 0 Å². The van der Waals surface area contributed by atoms with Gasteiger partial charge < -0.3 is 9.32 Å². The van der Waals surface area contributed by atoms with Crippen molar-refractivity contribution in [3.05, 3.63) is 211 Å². The number of hydrogen-bond acceptors (Lipinski definition) is 2. The molecule has 0 atom stereocenters. The molecular weight excluding hydrogens is 691 g/mol. The summed E-state index contributed by atoms with van der Waals surface area (Å²) in [5.74, 6) is 0. The minimum Gasteiger partial charge on any atom is -0.456 e. The molecule has 0 bridgehead atoms. The first-order chi connectivity index (χ1) is 28.0. The number of para-hydroxylation sites is 2. The second-order valence-electron chi connectivity index (χ2n) is 15.7. The smallest absolute Gasteiger partial charge is 0.136 e. The van der Waals surface area contributed by atoms with Crippen molar-refractivity contribution < 1.29 is 4.42 Å². The highest BCUT2D eigenvalue weighted by Crippen LogP contribution is 2.51. The van der Waals surface area contributed by atoms with Crippen molar-refractivity contribution in [2.75, 3.05) is 4.90 Å². The van der Waals surface area contributed by atoms with Crippen LogP contribution in [0.5, 0.6) is 0 Å². The van der Waals surface area contributed by atoms with Crippen LogP contribution in [-0.2, 0) is 5.41 Å². The summed E-state index contributed by atoms with van der Waals surface area (Å²) >= 11 is 0. The number of benzene rings is 9. The van der Waals surface area contributed by atoms with Gasteiger partial charge in [-0.25, -0.2) is 0 Å². The predicted octanol–water partition coefficient (Wildman–Crippen LogP) is 15.5. The molecule has 1 aliphatic carbocycles. The number of furan rings is 1. The minimum absolute atomic E-state index is 0.0903. The van der Waals surface area contributed by atoms with E-state index in [4.69, 9.17) is 4.42 Å². The van der Waals surface area contributed by atoms with E-state index in [0.717, 1.165) is 50.1 Å². The van der Waals surface area contributed by atoms with Gasteiger partial charge in [-0.15, -0.1) is 0 Å². The first-order valence-corrected chi connectivity index (χ1v) is 19.8. The Hall–Kier alpha value is -7.16. The van der Waals surface area contributed by atoms with Crippen LogP contribution in [0.15, 0.2) is 205 Å². The molecule has 0 saturated heterocycles. The van der Waals surface area contributed by atoms with Gasteiger partial charge in [0.2, 0.25) is 0 Å². The summed E-state index contributed by atoms with van der Waals surface area (Å²) in [5, 5.41) is 4.78. The zero-order valence-corrected chi connectivity index (χ0v) is 31.9. The lowest BCUT2D eigenvalue weighted by Crippen LogP contribution is -2.15. The molecular formula is C55H39NO. The van der Waals surface area contributed by atoms with Gasteiger partial charge in [0.1, 0.15) is 11.2 Å². The molecule has 10 aromatic rings. The highest BCUT2D eigenvalue weighted by Gasteiger charge is 2.35. The van der Waals surface area contributed by atoms with E-state index in [-0.39, 0.29) is 5.41 Å². The van der Waals surface area contributed by atoms with E-state index in [1.807, 2.05) is 12.1 Å². The second kappa shape index (κ2) is 13.0. The molecule has 0 spiro atoms. The second-order valence-corrected chi connectivity index (χ2v) is 15.7. The summed E-state index contributed by atoms with van der Waals surface area (Å²) in [6.45, 7) is 4.71. The normalized spacial score (nSPS) is 12.9. The van der Waals surface area contributed by atoms with Gasteiger partial charge in [-0.1, -0.05) is 166 Å². The van der Waals surface area contributed by atoms with Crippen LogP contribution in [0, 0.1) is 0 Å². The molecule has 0 saturated carbocycles. The summed E-state index contributed by atoms with van der Waals surface area (Å²) in [6, 6.07) is 72.7. The third-order valence-corrected chi connectivity index (χ3v) is 12.1. The van der Waals surface area contributed by atoms with Crippen molar-refractivity contribution in [2.24, 2.45) is 0 Å². The fourth-order valence-corrected chi connectivity index (χ4v) is 9.28. The van der Waals surface area contributed by atoms with Gasteiger partial charge in [0.15, 0.2) is 0 Å². The minimum atomic E-state index is -0.0903. The SMILES string of the molecule is CC1(C)c2ccccc2-c2ccc(-c3ccccc3N(c3ccc(-c4cccc5ccccc45)cc3)c3ccc(-c4cccc5oc6ccccc6c45)cc3)cc21. The summed E-state index contributed by atoms with van der Waals surface area (Å²) in [4.78, 5) is 2.41. The average molecular weight is 730 g/mol. The standard InChI is InChI=1S/C55H39NO/c1-55(2)49-21-8-5-17-46(49)47-34-29-39(35-50(47)55)44-16-6-9-22-51(44)56(40-30-25-37(26-31-40)43-19-11-14-36-13-3-4-15-42(36)43)41-32-27-38(28-33-41)45-20-12-24-53-54(45)48-18-7-10-23-52(48)57-53/h3-35H,1-2H3. The lowest BCUT2D eigenvalue weighted by molar-refractivity contribution is 0.660. The van der Waals surface area contributed by atoms with Crippen LogP contribution >= 0.6 is 0 Å². The van der Waals surface area contributed by atoms with Gasteiger partial charge in [0, 0.05) is 33.1 Å². The van der Waals surface area contributed by atoms with Crippen LogP contribution in [0.2, 0.25) is 0 Å². The van der Waals surface area contributed by atoms with E-state index in [2.05, 4.69) is 207 Å². The van der Waals surface area contributed by atoms with Gasteiger partial charge in [-0.3, -0.25) is 0 Å². The van der Waals surface area contributed by atoms with Crippen LogP contribution in [0.4, 0.5) is 17.1 Å². The van der Waals surface area contributed by atoms with E-state index >= 15 is 0 Å². The van der Waals surface area contributed by atoms with Crippen molar-refractivity contribution in [3.63, 3.8) is 0 Å². The summed E-state index contributed by atoms with van der Waals surface area (Å²) < 4.78 is 6.26. The topological polar surface area (TPSA) is 16.4 Å². The molecule has 2 heteroatoms. The van der Waals surface area contributed by atoms with Gasteiger partial charge in [-0.2, -0.15) is 0 Å². The lowest BCUT2D eigenvalue weighted by atomic mass is 9.81. The maximum absolute atomic E-state index is 6.26. The Balaban J connectivity index is 1.06. The lowest BCUT2D eigenvalue weighted by Gasteiger charge is -2.29. The predicted molar refractivity (Wildman–Crippen MR) is 240 cm³/mol.